The van der Waals surface area contributed by atoms with Crippen molar-refractivity contribution in [1.29, 1.82) is 0 Å². The van der Waals surface area contributed by atoms with Gasteiger partial charge in [-0.15, -0.1) is 30.6 Å². The van der Waals surface area contributed by atoms with Crippen molar-refractivity contribution < 1.29 is 4.74 Å². The summed E-state index contributed by atoms with van der Waals surface area (Å²) in [6.07, 6.45) is 7.88. The summed E-state index contributed by atoms with van der Waals surface area (Å²) in [5.41, 5.74) is 0. The number of allylic oxidation sites excluding steroid dienone is 1. The van der Waals surface area contributed by atoms with E-state index in [1.54, 1.807) is 0 Å². The Morgan fingerprint density at radius 2 is 2.20 bits per heavy atom. The lowest BCUT2D eigenvalue weighted by Gasteiger charge is -2.21. The van der Waals surface area contributed by atoms with Crippen LogP contribution in [0.1, 0.15) is 32.1 Å². The number of aliphatic imine (C=N–C) groups is 1. The summed E-state index contributed by atoms with van der Waals surface area (Å²) in [7, 11) is 3.90. The van der Waals surface area contributed by atoms with Crippen molar-refractivity contribution in [3.63, 3.8) is 0 Å². The van der Waals surface area contributed by atoms with Crippen LogP contribution in [0.15, 0.2) is 17.6 Å². The zero-order valence-electron chi connectivity index (χ0n) is 12.9. The van der Waals surface area contributed by atoms with E-state index in [9.17, 15) is 0 Å². The van der Waals surface area contributed by atoms with Gasteiger partial charge in [-0.1, -0.05) is 6.08 Å². The Bertz CT molecular complexity index is 280. The number of rotatable bonds is 10. The minimum absolute atomic E-state index is 0. The van der Waals surface area contributed by atoms with E-state index >= 15 is 0 Å². The Morgan fingerprint density at radius 3 is 2.80 bits per heavy atom. The van der Waals surface area contributed by atoms with Crippen LogP contribution in [0.3, 0.4) is 0 Å². The lowest BCUT2D eigenvalue weighted by atomic mass is 10.3. The fourth-order valence-corrected chi connectivity index (χ4v) is 1.87. The molecule has 0 aliphatic heterocycles. The molecule has 1 N–H and O–H groups in total. The first kappa shape index (κ1) is 19.7. The molecule has 0 saturated heterocycles. The highest BCUT2D eigenvalue weighted by Gasteiger charge is 2.20. The molecule has 0 amide bonds. The highest BCUT2D eigenvalue weighted by atomic mass is 127. The van der Waals surface area contributed by atoms with E-state index in [0.717, 1.165) is 57.4 Å². The summed E-state index contributed by atoms with van der Waals surface area (Å²) in [6.45, 7) is 7.47. The van der Waals surface area contributed by atoms with Crippen molar-refractivity contribution in [2.24, 2.45) is 10.9 Å². The van der Waals surface area contributed by atoms with Gasteiger partial charge in [-0.3, -0.25) is 4.99 Å². The first-order chi connectivity index (χ1) is 9.27. The highest BCUT2D eigenvalue weighted by Crippen LogP contribution is 2.28. The molecule has 1 aliphatic carbocycles. The van der Waals surface area contributed by atoms with Crippen molar-refractivity contribution >= 4 is 29.9 Å². The standard InChI is InChI=1S/C15H29N3O.HI/c1-4-5-6-11-18(3)15(16-2)17-10-7-12-19-13-14-8-9-14;/h4,14H,1,5-13H2,2-3H3,(H,16,17);1H. The fraction of sp³-hybridized carbons (Fsp3) is 0.800. The van der Waals surface area contributed by atoms with Gasteiger partial charge >= 0.3 is 0 Å². The Kier molecular flexibility index (Phi) is 12.3. The van der Waals surface area contributed by atoms with Gasteiger partial charge in [0.15, 0.2) is 5.96 Å². The van der Waals surface area contributed by atoms with Gasteiger partial charge in [-0.05, 0) is 38.0 Å². The van der Waals surface area contributed by atoms with Crippen LogP contribution >= 0.6 is 24.0 Å². The predicted molar refractivity (Wildman–Crippen MR) is 97.0 cm³/mol. The molecule has 0 unspecified atom stereocenters. The molecule has 0 aromatic heterocycles. The molecule has 0 bridgehead atoms. The maximum atomic E-state index is 5.61. The van der Waals surface area contributed by atoms with Gasteiger partial charge in [-0.2, -0.15) is 0 Å². The first-order valence-electron chi connectivity index (χ1n) is 7.38. The number of hydrogen-bond donors (Lipinski definition) is 1. The molecule has 0 heterocycles. The monoisotopic (exact) mass is 395 g/mol. The first-order valence-corrected chi connectivity index (χ1v) is 7.38. The average molecular weight is 395 g/mol. The normalized spacial score (nSPS) is 14.6. The smallest absolute Gasteiger partial charge is 0.193 e. The summed E-state index contributed by atoms with van der Waals surface area (Å²) in [6, 6.07) is 0. The van der Waals surface area contributed by atoms with Gasteiger partial charge in [0.25, 0.3) is 0 Å². The van der Waals surface area contributed by atoms with Crippen LogP contribution in [-0.4, -0.2) is 51.3 Å². The summed E-state index contributed by atoms with van der Waals surface area (Å²) in [5, 5.41) is 3.37. The van der Waals surface area contributed by atoms with E-state index in [4.69, 9.17) is 4.74 Å². The molecule has 5 heteroatoms. The summed E-state index contributed by atoms with van der Waals surface area (Å²) in [5.74, 6) is 1.82. The van der Waals surface area contributed by atoms with Crippen molar-refractivity contribution in [3.05, 3.63) is 12.7 Å². The molecule has 20 heavy (non-hydrogen) atoms. The van der Waals surface area contributed by atoms with Crippen LogP contribution in [0.5, 0.6) is 0 Å². The van der Waals surface area contributed by atoms with E-state index in [1.807, 2.05) is 13.1 Å². The summed E-state index contributed by atoms with van der Waals surface area (Å²) in [4.78, 5) is 6.45. The quantitative estimate of drug-likeness (QED) is 0.203. The lowest BCUT2D eigenvalue weighted by molar-refractivity contribution is 0.122. The molecule has 0 atom stereocenters. The van der Waals surface area contributed by atoms with Crippen LogP contribution in [-0.2, 0) is 4.74 Å². The van der Waals surface area contributed by atoms with Gasteiger partial charge in [0, 0.05) is 40.4 Å². The average Bonchev–Trinajstić information content (AvgIpc) is 3.22. The molecule has 0 aromatic rings. The lowest BCUT2D eigenvalue weighted by Crippen LogP contribution is -2.40. The number of ether oxygens (including phenoxy) is 1. The summed E-state index contributed by atoms with van der Waals surface area (Å²) >= 11 is 0. The third-order valence-corrected chi connectivity index (χ3v) is 3.27. The molecule has 4 nitrogen and oxygen atoms in total. The second-order valence-corrected chi connectivity index (χ2v) is 5.20. The molecule has 1 rings (SSSR count). The minimum Gasteiger partial charge on any atom is -0.381 e. The zero-order valence-corrected chi connectivity index (χ0v) is 15.3. The molecule has 0 spiro atoms. The molecule has 118 valence electrons. The topological polar surface area (TPSA) is 36.9 Å². The molecule has 1 fully saturated rings. The van der Waals surface area contributed by atoms with Gasteiger partial charge in [0.1, 0.15) is 0 Å². The minimum atomic E-state index is 0. The van der Waals surface area contributed by atoms with Crippen molar-refractivity contribution in [3.8, 4) is 0 Å². The number of unbranched alkanes of at least 4 members (excludes halogenated alkanes) is 1. The number of hydrogen-bond acceptors (Lipinski definition) is 2. The Morgan fingerprint density at radius 1 is 1.45 bits per heavy atom. The van der Waals surface area contributed by atoms with Crippen LogP contribution in [0.25, 0.3) is 0 Å². The second-order valence-electron chi connectivity index (χ2n) is 5.20. The highest BCUT2D eigenvalue weighted by molar-refractivity contribution is 14.0. The predicted octanol–water partition coefficient (Wildman–Crippen LogP) is 2.89. The van der Waals surface area contributed by atoms with Crippen LogP contribution in [0, 0.1) is 5.92 Å². The molecular weight excluding hydrogens is 365 g/mol. The number of halogens is 1. The van der Waals surface area contributed by atoms with Gasteiger partial charge in [-0.25, -0.2) is 0 Å². The Hall–Kier alpha value is -0.300. The number of nitrogens with one attached hydrogen (secondary N) is 1. The maximum Gasteiger partial charge on any atom is 0.193 e. The van der Waals surface area contributed by atoms with Crippen LogP contribution in [0.4, 0.5) is 0 Å². The molecular formula is C15H30IN3O. The third kappa shape index (κ3) is 9.58. The van der Waals surface area contributed by atoms with Gasteiger partial charge < -0.3 is 15.0 Å². The third-order valence-electron chi connectivity index (χ3n) is 3.27. The maximum absolute atomic E-state index is 5.61. The largest absolute Gasteiger partial charge is 0.381 e. The van der Waals surface area contributed by atoms with E-state index in [1.165, 1.54) is 12.8 Å². The van der Waals surface area contributed by atoms with Crippen molar-refractivity contribution in [2.75, 3.05) is 40.4 Å². The van der Waals surface area contributed by atoms with E-state index in [2.05, 4.69) is 28.8 Å². The molecule has 0 radical (unpaired) electrons. The SMILES string of the molecule is C=CCCCN(C)C(=NC)NCCCOCC1CC1.I. The van der Waals surface area contributed by atoms with Crippen LogP contribution in [0.2, 0.25) is 0 Å². The van der Waals surface area contributed by atoms with Crippen LogP contribution < -0.4 is 5.32 Å². The van der Waals surface area contributed by atoms with Gasteiger partial charge in [0.2, 0.25) is 0 Å². The molecule has 0 aromatic carbocycles. The van der Waals surface area contributed by atoms with E-state index in [-0.39, 0.29) is 24.0 Å². The Labute approximate surface area is 141 Å². The van der Waals surface area contributed by atoms with E-state index in [0.29, 0.717) is 0 Å². The number of nitrogens with zero attached hydrogens (tertiary/aromatic N) is 2. The zero-order chi connectivity index (χ0) is 13.9. The van der Waals surface area contributed by atoms with Crippen molar-refractivity contribution in [1.82, 2.24) is 10.2 Å². The summed E-state index contributed by atoms with van der Waals surface area (Å²) < 4.78 is 5.61. The second kappa shape index (κ2) is 12.4. The molecule has 1 aliphatic rings. The fourth-order valence-electron chi connectivity index (χ4n) is 1.87. The van der Waals surface area contributed by atoms with E-state index < -0.39 is 0 Å². The molecule has 1 saturated carbocycles. The van der Waals surface area contributed by atoms with Crippen molar-refractivity contribution in [2.45, 2.75) is 32.1 Å². The number of guanidine groups is 1. The Balaban J connectivity index is 0.00000361. The van der Waals surface area contributed by atoms with Gasteiger partial charge in [0.05, 0.1) is 0 Å².